The predicted molar refractivity (Wildman–Crippen MR) is 53.9 cm³/mol. The molecule has 1 nitrogen and oxygen atoms in total. The van der Waals surface area contributed by atoms with E-state index in [0.717, 1.165) is 19.8 Å². The lowest BCUT2D eigenvalue weighted by atomic mass is 9.97. The van der Waals surface area contributed by atoms with Crippen molar-refractivity contribution in [2.45, 2.75) is 37.7 Å². The average molecular weight is 212 g/mol. The molecule has 1 aromatic rings. The first-order valence-electron chi connectivity index (χ1n) is 5.09. The fourth-order valence-corrected chi connectivity index (χ4v) is 1.78. The molecule has 1 N–H and O–H groups in total. The third-order valence-electron chi connectivity index (χ3n) is 2.84. The molecular weight excluding hydrogens is 198 g/mol. The van der Waals surface area contributed by atoms with Crippen molar-refractivity contribution in [3.8, 4) is 0 Å². The van der Waals surface area contributed by atoms with Crippen molar-refractivity contribution in [2.24, 2.45) is 0 Å². The molecule has 0 heterocycles. The van der Waals surface area contributed by atoms with Gasteiger partial charge in [0.2, 0.25) is 0 Å². The van der Waals surface area contributed by atoms with E-state index in [9.17, 15) is 13.9 Å². The number of benzene rings is 1. The van der Waals surface area contributed by atoms with E-state index in [4.69, 9.17) is 0 Å². The van der Waals surface area contributed by atoms with Crippen LogP contribution in [0.25, 0.3) is 0 Å². The Balaban J connectivity index is 2.30. The van der Waals surface area contributed by atoms with Gasteiger partial charge in [-0.3, -0.25) is 0 Å². The van der Waals surface area contributed by atoms with E-state index in [-0.39, 0.29) is 5.56 Å². The fourth-order valence-electron chi connectivity index (χ4n) is 1.78. The Morgan fingerprint density at radius 2 is 1.93 bits per heavy atom. The number of hydrogen-bond acceptors (Lipinski definition) is 1. The molecule has 1 aliphatic rings. The van der Waals surface area contributed by atoms with E-state index in [1.807, 2.05) is 0 Å². The molecular formula is C12H14F2O. The SMILES string of the molecule is CC(F)(F)c1ccccc1CC1(O)CC1. The molecule has 1 aromatic carbocycles. The lowest BCUT2D eigenvalue weighted by molar-refractivity contribution is 0.0158. The summed E-state index contributed by atoms with van der Waals surface area (Å²) in [6.45, 7) is 0.892. The first-order chi connectivity index (χ1) is 6.91. The lowest BCUT2D eigenvalue weighted by Crippen LogP contribution is -2.17. The molecule has 1 saturated carbocycles. The molecule has 0 bridgehead atoms. The van der Waals surface area contributed by atoms with Crippen LogP contribution in [0.3, 0.4) is 0 Å². The molecule has 82 valence electrons. The molecule has 1 aliphatic carbocycles. The summed E-state index contributed by atoms with van der Waals surface area (Å²) in [5.74, 6) is -2.83. The molecule has 0 unspecified atom stereocenters. The average Bonchev–Trinajstić information content (AvgIpc) is 2.82. The van der Waals surface area contributed by atoms with Gasteiger partial charge in [0.1, 0.15) is 0 Å². The molecule has 3 heteroatoms. The summed E-state index contributed by atoms with van der Waals surface area (Å²) >= 11 is 0. The van der Waals surface area contributed by atoms with Gasteiger partial charge in [0, 0.05) is 18.9 Å². The van der Waals surface area contributed by atoms with Crippen LogP contribution in [0.2, 0.25) is 0 Å². The predicted octanol–water partition coefficient (Wildman–Crippen LogP) is 2.87. The topological polar surface area (TPSA) is 20.2 Å². The molecule has 0 spiro atoms. The molecule has 2 rings (SSSR count). The van der Waals surface area contributed by atoms with E-state index in [1.54, 1.807) is 18.2 Å². The second-order valence-electron chi connectivity index (χ2n) is 4.45. The minimum atomic E-state index is -2.83. The zero-order valence-corrected chi connectivity index (χ0v) is 8.63. The zero-order chi connectivity index (χ0) is 11.1. The largest absolute Gasteiger partial charge is 0.390 e. The summed E-state index contributed by atoms with van der Waals surface area (Å²) in [6, 6.07) is 6.44. The molecule has 0 saturated heterocycles. The van der Waals surface area contributed by atoms with E-state index in [0.29, 0.717) is 12.0 Å². The Labute approximate surface area is 87.7 Å². The number of alkyl halides is 2. The van der Waals surface area contributed by atoms with Crippen LogP contribution in [0.5, 0.6) is 0 Å². The summed E-state index contributed by atoms with van der Waals surface area (Å²) in [6.07, 6.45) is 1.78. The Morgan fingerprint density at radius 1 is 1.33 bits per heavy atom. The van der Waals surface area contributed by atoms with Crippen molar-refractivity contribution < 1.29 is 13.9 Å². The Morgan fingerprint density at radius 3 is 2.47 bits per heavy atom. The Hall–Kier alpha value is -0.960. The van der Waals surface area contributed by atoms with Crippen LogP contribution >= 0.6 is 0 Å². The minimum absolute atomic E-state index is 0.0327. The molecule has 0 amide bonds. The highest BCUT2D eigenvalue weighted by Gasteiger charge is 2.41. The maximum Gasteiger partial charge on any atom is 0.270 e. The van der Waals surface area contributed by atoms with Crippen molar-refractivity contribution >= 4 is 0 Å². The van der Waals surface area contributed by atoms with Gasteiger partial charge in [0.25, 0.3) is 5.92 Å². The van der Waals surface area contributed by atoms with E-state index in [2.05, 4.69) is 0 Å². The number of hydrogen-bond donors (Lipinski definition) is 1. The van der Waals surface area contributed by atoms with Crippen LogP contribution in [0.1, 0.15) is 30.9 Å². The van der Waals surface area contributed by atoms with Crippen LogP contribution in [-0.4, -0.2) is 10.7 Å². The second-order valence-corrected chi connectivity index (χ2v) is 4.45. The summed E-state index contributed by atoms with van der Waals surface area (Å²) in [7, 11) is 0. The van der Waals surface area contributed by atoms with Crippen LogP contribution in [0.4, 0.5) is 8.78 Å². The van der Waals surface area contributed by atoms with Crippen molar-refractivity contribution in [2.75, 3.05) is 0 Å². The fraction of sp³-hybridized carbons (Fsp3) is 0.500. The van der Waals surface area contributed by atoms with Gasteiger partial charge in [-0.1, -0.05) is 24.3 Å². The summed E-state index contributed by atoms with van der Waals surface area (Å²) in [5, 5.41) is 9.73. The normalized spacial score (nSPS) is 18.9. The highest BCUT2D eigenvalue weighted by atomic mass is 19.3. The van der Waals surface area contributed by atoms with Gasteiger partial charge in [-0.2, -0.15) is 0 Å². The van der Waals surface area contributed by atoms with Gasteiger partial charge in [-0.25, -0.2) is 8.78 Å². The summed E-state index contributed by atoms with van der Waals surface area (Å²) < 4.78 is 26.5. The molecule has 1 fully saturated rings. The standard InChI is InChI=1S/C12H14F2O/c1-11(13,14)10-5-3-2-4-9(10)8-12(15)6-7-12/h2-5,15H,6-8H2,1H3. The Kier molecular flexibility index (Phi) is 2.30. The molecule has 15 heavy (non-hydrogen) atoms. The van der Waals surface area contributed by atoms with Crippen LogP contribution in [0, 0.1) is 0 Å². The van der Waals surface area contributed by atoms with Crippen molar-refractivity contribution in [1.29, 1.82) is 0 Å². The highest BCUT2D eigenvalue weighted by Crippen LogP contribution is 2.40. The summed E-state index contributed by atoms with van der Waals surface area (Å²) in [5.41, 5.74) is -0.128. The lowest BCUT2D eigenvalue weighted by Gasteiger charge is -2.17. The van der Waals surface area contributed by atoms with Crippen LogP contribution < -0.4 is 0 Å². The van der Waals surface area contributed by atoms with Gasteiger partial charge in [0.15, 0.2) is 0 Å². The van der Waals surface area contributed by atoms with Crippen LogP contribution in [-0.2, 0) is 12.3 Å². The first kappa shape index (κ1) is 10.6. The first-order valence-corrected chi connectivity index (χ1v) is 5.09. The van der Waals surface area contributed by atoms with E-state index in [1.165, 1.54) is 6.07 Å². The van der Waals surface area contributed by atoms with Gasteiger partial charge in [-0.05, 0) is 18.4 Å². The van der Waals surface area contributed by atoms with Gasteiger partial charge in [0.05, 0.1) is 5.60 Å². The molecule has 0 aromatic heterocycles. The number of halogens is 2. The second kappa shape index (κ2) is 3.27. The smallest absolute Gasteiger partial charge is 0.270 e. The van der Waals surface area contributed by atoms with Crippen LogP contribution in [0.15, 0.2) is 24.3 Å². The minimum Gasteiger partial charge on any atom is -0.390 e. The Bertz CT molecular complexity index is 364. The third kappa shape index (κ3) is 2.34. The van der Waals surface area contributed by atoms with Gasteiger partial charge >= 0.3 is 0 Å². The monoisotopic (exact) mass is 212 g/mol. The highest BCUT2D eigenvalue weighted by molar-refractivity contribution is 5.32. The molecule has 0 aliphatic heterocycles. The summed E-state index contributed by atoms with van der Waals surface area (Å²) in [4.78, 5) is 0. The van der Waals surface area contributed by atoms with Crippen molar-refractivity contribution in [3.63, 3.8) is 0 Å². The quantitative estimate of drug-likeness (QED) is 0.816. The van der Waals surface area contributed by atoms with Gasteiger partial charge < -0.3 is 5.11 Å². The number of rotatable bonds is 3. The van der Waals surface area contributed by atoms with Crippen molar-refractivity contribution in [3.05, 3.63) is 35.4 Å². The van der Waals surface area contributed by atoms with E-state index >= 15 is 0 Å². The van der Waals surface area contributed by atoms with Crippen molar-refractivity contribution in [1.82, 2.24) is 0 Å². The maximum absolute atomic E-state index is 13.2. The third-order valence-corrected chi connectivity index (χ3v) is 2.84. The molecule has 0 radical (unpaired) electrons. The van der Waals surface area contributed by atoms with Gasteiger partial charge in [-0.15, -0.1) is 0 Å². The van der Waals surface area contributed by atoms with E-state index < -0.39 is 11.5 Å². The molecule has 0 atom stereocenters. The maximum atomic E-state index is 13.2. The zero-order valence-electron chi connectivity index (χ0n) is 8.63. The number of aliphatic hydroxyl groups is 1.